The van der Waals surface area contributed by atoms with Gasteiger partial charge in [0.05, 0.1) is 22.7 Å². The molecular weight excluding hydrogens is 389 g/mol. The predicted molar refractivity (Wildman–Crippen MR) is 104 cm³/mol. The van der Waals surface area contributed by atoms with Gasteiger partial charge in [0, 0.05) is 37.9 Å². The lowest BCUT2D eigenvalue weighted by atomic mass is 10.1. The number of hydrogen-bond donors (Lipinski definition) is 1. The number of carbonyl (C=O) groups excluding carboxylic acids is 3. The minimum absolute atomic E-state index is 0.0639. The van der Waals surface area contributed by atoms with Gasteiger partial charge in [0.2, 0.25) is 0 Å². The molecule has 1 fully saturated rings. The van der Waals surface area contributed by atoms with Gasteiger partial charge < -0.3 is 14.8 Å². The maximum Gasteiger partial charge on any atom is 0.295 e. The fourth-order valence-electron chi connectivity index (χ4n) is 3.51. The van der Waals surface area contributed by atoms with Crippen molar-refractivity contribution in [2.45, 2.75) is 0 Å². The van der Waals surface area contributed by atoms with E-state index in [9.17, 15) is 18.8 Å². The molecule has 1 saturated heterocycles. The number of rotatable bonds is 3. The number of pyridine rings is 1. The lowest BCUT2D eigenvalue weighted by Crippen LogP contribution is -2.52. The molecule has 1 aliphatic heterocycles. The molecule has 150 valence electrons. The number of nitriles is 1. The highest BCUT2D eigenvalue weighted by Crippen LogP contribution is 2.24. The minimum Gasteiger partial charge on any atom is -0.358 e. The number of amides is 2. The number of fused-ring (bicyclic) bond motifs is 1. The number of piperazine rings is 1. The van der Waals surface area contributed by atoms with Crippen LogP contribution in [-0.4, -0.2) is 63.5 Å². The van der Waals surface area contributed by atoms with Crippen LogP contribution >= 0.6 is 0 Å². The molecule has 0 saturated carbocycles. The number of carbonyl (C=O) groups is 3. The summed E-state index contributed by atoms with van der Waals surface area (Å²) >= 11 is 0. The number of benzene rings is 1. The van der Waals surface area contributed by atoms with Crippen LogP contribution in [0, 0.1) is 17.1 Å². The van der Waals surface area contributed by atoms with Crippen LogP contribution < -0.4 is 0 Å². The van der Waals surface area contributed by atoms with Crippen molar-refractivity contribution < 1.29 is 18.8 Å². The number of nitrogens with zero attached hydrogens (tertiary/aromatic N) is 4. The van der Waals surface area contributed by atoms with E-state index in [-0.39, 0.29) is 54.2 Å². The molecule has 0 unspecified atom stereocenters. The zero-order valence-electron chi connectivity index (χ0n) is 15.8. The third-order valence-electron chi connectivity index (χ3n) is 5.08. The quantitative estimate of drug-likeness (QED) is 0.527. The van der Waals surface area contributed by atoms with Crippen LogP contribution in [0.2, 0.25) is 0 Å². The number of nitrogens with one attached hydrogen (secondary N) is 1. The molecule has 3 heterocycles. The number of hydrogen-bond acceptors (Lipinski definition) is 5. The Labute approximate surface area is 170 Å². The standard InChI is InChI=1S/C21H16FN5O3/c22-15-12-24-16(10-23)18-17(15)14(11-25-18)19(28)21(30)27-8-6-26(7-9-27)20(29)13-4-2-1-3-5-13/h1-5,11-12,25H,6-9H2. The maximum absolute atomic E-state index is 14.3. The van der Waals surface area contributed by atoms with Crippen LogP contribution in [0.1, 0.15) is 26.4 Å². The van der Waals surface area contributed by atoms with Crippen LogP contribution in [0.15, 0.2) is 42.7 Å². The van der Waals surface area contributed by atoms with Crippen molar-refractivity contribution in [1.29, 1.82) is 5.26 Å². The molecule has 1 aromatic carbocycles. The average Bonchev–Trinajstić information content (AvgIpc) is 3.25. The molecule has 1 aliphatic rings. The molecular formula is C21H16FN5O3. The van der Waals surface area contributed by atoms with Gasteiger partial charge in [-0.2, -0.15) is 5.26 Å². The van der Waals surface area contributed by atoms with Gasteiger partial charge in [-0.3, -0.25) is 14.4 Å². The van der Waals surface area contributed by atoms with Crippen LogP contribution in [-0.2, 0) is 4.79 Å². The molecule has 1 N–H and O–H groups in total. The van der Waals surface area contributed by atoms with Gasteiger partial charge in [0.1, 0.15) is 6.07 Å². The van der Waals surface area contributed by atoms with Crippen molar-refractivity contribution in [3.8, 4) is 6.07 Å². The van der Waals surface area contributed by atoms with E-state index in [1.54, 1.807) is 29.2 Å². The fraction of sp³-hybridized carbons (Fsp3) is 0.190. The van der Waals surface area contributed by atoms with E-state index in [1.807, 2.05) is 12.1 Å². The summed E-state index contributed by atoms with van der Waals surface area (Å²) in [6.45, 7) is 0.965. The summed E-state index contributed by atoms with van der Waals surface area (Å²) in [5, 5.41) is 8.97. The zero-order chi connectivity index (χ0) is 21.3. The Bertz CT molecular complexity index is 1190. The molecule has 4 rings (SSSR count). The smallest absolute Gasteiger partial charge is 0.295 e. The van der Waals surface area contributed by atoms with Crippen molar-refractivity contribution in [2.24, 2.45) is 0 Å². The maximum atomic E-state index is 14.3. The second-order valence-corrected chi connectivity index (χ2v) is 6.80. The van der Waals surface area contributed by atoms with E-state index in [0.717, 1.165) is 6.20 Å². The van der Waals surface area contributed by atoms with Gasteiger partial charge in [-0.1, -0.05) is 18.2 Å². The largest absolute Gasteiger partial charge is 0.358 e. The molecule has 0 radical (unpaired) electrons. The van der Waals surface area contributed by atoms with E-state index in [2.05, 4.69) is 9.97 Å². The molecule has 9 heteroatoms. The Morgan fingerprint density at radius 2 is 1.73 bits per heavy atom. The molecule has 0 bridgehead atoms. The molecule has 0 atom stereocenters. The number of aromatic amines is 1. The lowest BCUT2D eigenvalue weighted by molar-refractivity contribution is -0.127. The predicted octanol–water partition coefficient (Wildman–Crippen LogP) is 1.74. The van der Waals surface area contributed by atoms with Crippen LogP contribution in [0.4, 0.5) is 4.39 Å². The van der Waals surface area contributed by atoms with Crippen molar-refractivity contribution in [1.82, 2.24) is 19.8 Å². The molecule has 2 amide bonds. The monoisotopic (exact) mass is 405 g/mol. The van der Waals surface area contributed by atoms with Gasteiger partial charge in [-0.05, 0) is 12.1 Å². The summed E-state index contributed by atoms with van der Waals surface area (Å²) in [7, 11) is 0. The van der Waals surface area contributed by atoms with E-state index in [4.69, 9.17) is 5.26 Å². The highest BCUT2D eigenvalue weighted by atomic mass is 19.1. The first-order chi connectivity index (χ1) is 14.5. The van der Waals surface area contributed by atoms with Crippen molar-refractivity contribution in [2.75, 3.05) is 26.2 Å². The van der Waals surface area contributed by atoms with Gasteiger partial charge in [-0.15, -0.1) is 0 Å². The van der Waals surface area contributed by atoms with Gasteiger partial charge in [0.15, 0.2) is 11.5 Å². The van der Waals surface area contributed by atoms with Crippen LogP contribution in [0.3, 0.4) is 0 Å². The number of Topliss-reactive ketones (excluding diaryl/α,β-unsaturated/α-hetero) is 1. The van der Waals surface area contributed by atoms with E-state index >= 15 is 0 Å². The minimum atomic E-state index is -0.877. The Morgan fingerprint density at radius 3 is 2.40 bits per heavy atom. The first-order valence-corrected chi connectivity index (χ1v) is 9.25. The summed E-state index contributed by atoms with van der Waals surface area (Å²) in [6, 6.07) is 10.6. The van der Waals surface area contributed by atoms with E-state index < -0.39 is 17.5 Å². The molecule has 8 nitrogen and oxygen atoms in total. The SMILES string of the molecule is N#Cc1ncc(F)c2c(C(=O)C(=O)N3CCN(C(=O)c4ccccc4)CC3)c[nH]c12. The summed E-state index contributed by atoms with van der Waals surface area (Å²) in [5.41, 5.74) is 0.427. The molecule has 0 aliphatic carbocycles. The van der Waals surface area contributed by atoms with Crippen molar-refractivity contribution in [3.63, 3.8) is 0 Å². The summed E-state index contributed by atoms with van der Waals surface area (Å²) in [6.07, 6.45) is 2.07. The first-order valence-electron chi connectivity index (χ1n) is 9.25. The van der Waals surface area contributed by atoms with Crippen molar-refractivity contribution >= 4 is 28.5 Å². The Hall–Kier alpha value is -4.06. The number of H-pyrrole nitrogens is 1. The first kappa shape index (κ1) is 19.3. The Morgan fingerprint density at radius 1 is 1.07 bits per heavy atom. The summed E-state index contributed by atoms with van der Waals surface area (Å²) < 4.78 is 14.3. The number of halogens is 1. The fourth-order valence-corrected chi connectivity index (χ4v) is 3.51. The summed E-state index contributed by atoms with van der Waals surface area (Å²) in [4.78, 5) is 47.3. The third kappa shape index (κ3) is 3.28. The highest BCUT2D eigenvalue weighted by Gasteiger charge is 2.31. The number of ketones is 1. The third-order valence-corrected chi connectivity index (χ3v) is 5.08. The van der Waals surface area contributed by atoms with E-state index in [1.165, 1.54) is 11.1 Å². The van der Waals surface area contributed by atoms with Gasteiger partial charge in [0.25, 0.3) is 17.6 Å². The molecule has 30 heavy (non-hydrogen) atoms. The second kappa shape index (κ2) is 7.75. The average molecular weight is 405 g/mol. The molecule has 2 aromatic heterocycles. The Balaban J connectivity index is 1.49. The van der Waals surface area contributed by atoms with Crippen molar-refractivity contribution in [3.05, 3.63) is 65.4 Å². The zero-order valence-corrected chi connectivity index (χ0v) is 15.8. The van der Waals surface area contributed by atoms with E-state index in [0.29, 0.717) is 5.56 Å². The number of aromatic nitrogens is 2. The lowest BCUT2D eigenvalue weighted by Gasteiger charge is -2.34. The summed E-state index contributed by atoms with van der Waals surface area (Å²) in [5.74, 6) is -2.58. The Kier molecular flexibility index (Phi) is 4.98. The molecule has 0 spiro atoms. The van der Waals surface area contributed by atoms with Crippen LogP contribution in [0.25, 0.3) is 10.9 Å². The second-order valence-electron chi connectivity index (χ2n) is 6.80. The van der Waals surface area contributed by atoms with Gasteiger partial charge in [-0.25, -0.2) is 9.37 Å². The van der Waals surface area contributed by atoms with Crippen LogP contribution in [0.5, 0.6) is 0 Å². The van der Waals surface area contributed by atoms with Gasteiger partial charge >= 0.3 is 0 Å². The topological polar surface area (TPSA) is 110 Å². The normalized spacial score (nSPS) is 13.9. The molecule has 3 aromatic rings. The highest BCUT2D eigenvalue weighted by molar-refractivity contribution is 6.45.